The lowest BCUT2D eigenvalue weighted by molar-refractivity contribution is -0.163. The number of benzene rings is 2. The van der Waals surface area contributed by atoms with Crippen LogP contribution in [-0.4, -0.2) is 28.5 Å². The number of ether oxygens (including phenoxy) is 1. The lowest BCUT2D eigenvalue weighted by atomic mass is 10.1. The van der Waals surface area contributed by atoms with Crippen LogP contribution in [-0.2, 0) is 17.8 Å². The summed E-state index contributed by atoms with van der Waals surface area (Å²) in [5.41, 5.74) is -1.39. The molecule has 1 saturated carbocycles. The van der Waals surface area contributed by atoms with Gasteiger partial charge >= 0.3 is 6.18 Å². The molecule has 1 fully saturated rings. The third-order valence-electron chi connectivity index (χ3n) is 5.61. The highest BCUT2D eigenvalue weighted by Gasteiger charge is 2.64. The average molecular weight is 566 g/mol. The fourth-order valence-corrected chi connectivity index (χ4v) is 3.88. The number of carbonyl (C=O) groups excluding carboxylic acids is 2. The molecule has 4 rings (SSSR count). The predicted octanol–water partition coefficient (Wildman–Crippen LogP) is 5.57. The number of carbonyl (C=O) groups is 2. The molecule has 11 heteroatoms. The number of amides is 2. The third-order valence-corrected chi connectivity index (χ3v) is 6.23. The first-order chi connectivity index (χ1) is 17.1. The van der Waals surface area contributed by atoms with Crippen LogP contribution in [0.25, 0.3) is 0 Å². The molecular formula is C25H20BrF4N3O3. The summed E-state index contributed by atoms with van der Waals surface area (Å²) in [7, 11) is 0. The Morgan fingerprint density at radius 2 is 1.81 bits per heavy atom. The molecular weight excluding hydrogens is 546 g/mol. The second-order valence-electron chi connectivity index (χ2n) is 8.34. The second kappa shape index (κ2) is 10.3. The summed E-state index contributed by atoms with van der Waals surface area (Å²) in [5, 5.41) is 4.49. The number of aromatic nitrogens is 1. The molecule has 188 valence electrons. The van der Waals surface area contributed by atoms with E-state index in [-0.39, 0.29) is 42.8 Å². The van der Waals surface area contributed by atoms with Crippen molar-refractivity contribution in [2.75, 3.05) is 5.32 Å². The van der Waals surface area contributed by atoms with Crippen molar-refractivity contribution in [3.05, 3.63) is 87.9 Å². The van der Waals surface area contributed by atoms with Crippen LogP contribution in [0.2, 0.25) is 0 Å². The van der Waals surface area contributed by atoms with Gasteiger partial charge in [0.1, 0.15) is 29.4 Å². The van der Waals surface area contributed by atoms with Gasteiger partial charge in [-0.1, -0.05) is 30.3 Å². The first-order valence-corrected chi connectivity index (χ1v) is 11.7. The standard InChI is InChI=1S/C25H20BrF4N3O3/c26-18-13-19(27)16(10-21(18)36-14-15-4-2-1-3-5-15)11-22(34)32-17-6-9-31-20(12-17)23(35)33-24(7-8-24)25(28,29)30/h1-6,9-10,12-13H,7-8,11,14H2,(H,33,35)(H,31,32,34). The van der Waals surface area contributed by atoms with E-state index in [1.807, 2.05) is 35.6 Å². The van der Waals surface area contributed by atoms with Crippen molar-refractivity contribution in [3.63, 3.8) is 0 Å². The number of nitrogens with zero attached hydrogens (tertiary/aromatic N) is 1. The van der Waals surface area contributed by atoms with E-state index < -0.39 is 29.3 Å². The van der Waals surface area contributed by atoms with E-state index in [1.165, 1.54) is 24.4 Å². The molecule has 0 atom stereocenters. The highest BCUT2D eigenvalue weighted by atomic mass is 79.9. The van der Waals surface area contributed by atoms with Crippen molar-refractivity contribution in [1.29, 1.82) is 0 Å². The van der Waals surface area contributed by atoms with Crippen LogP contribution in [0.1, 0.15) is 34.5 Å². The first-order valence-electron chi connectivity index (χ1n) is 10.9. The maximum absolute atomic E-state index is 14.5. The molecule has 0 unspecified atom stereocenters. The Morgan fingerprint density at radius 1 is 1.08 bits per heavy atom. The summed E-state index contributed by atoms with van der Waals surface area (Å²) in [5.74, 6) is -1.87. The van der Waals surface area contributed by atoms with E-state index in [1.54, 1.807) is 0 Å². The quantitative estimate of drug-likeness (QED) is 0.350. The average Bonchev–Trinajstić information content (AvgIpc) is 3.62. The minimum absolute atomic E-state index is 0.0756. The van der Waals surface area contributed by atoms with Crippen LogP contribution in [0, 0.1) is 5.82 Å². The summed E-state index contributed by atoms with van der Waals surface area (Å²) in [6, 6.07) is 14.5. The summed E-state index contributed by atoms with van der Waals surface area (Å²) >= 11 is 3.25. The fourth-order valence-electron chi connectivity index (χ4n) is 3.45. The van der Waals surface area contributed by atoms with Crippen LogP contribution < -0.4 is 15.4 Å². The second-order valence-corrected chi connectivity index (χ2v) is 9.19. The molecule has 1 aliphatic carbocycles. The Hall–Kier alpha value is -3.47. The zero-order valence-corrected chi connectivity index (χ0v) is 20.2. The molecule has 0 radical (unpaired) electrons. The summed E-state index contributed by atoms with van der Waals surface area (Å²) in [4.78, 5) is 28.7. The molecule has 0 bridgehead atoms. The van der Waals surface area contributed by atoms with Crippen molar-refractivity contribution < 1.29 is 31.9 Å². The largest absolute Gasteiger partial charge is 0.488 e. The van der Waals surface area contributed by atoms with Gasteiger partial charge in [-0.2, -0.15) is 13.2 Å². The molecule has 2 aromatic carbocycles. The predicted molar refractivity (Wildman–Crippen MR) is 127 cm³/mol. The van der Waals surface area contributed by atoms with E-state index in [0.29, 0.717) is 10.2 Å². The number of rotatable bonds is 8. The fraction of sp³-hybridized carbons (Fsp3) is 0.240. The van der Waals surface area contributed by atoms with Gasteiger partial charge in [0, 0.05) is 17.4 Å². The Labute approximate surface area is 212 Å². The van der Waals surface area contributed by atoms with Crippen LogP contribution in [0.3, 0.4) is 0 Å². The van der Waals surface area contributed by atoms with Gasteiger partial charge in [0.25, 0.3) is 5.91 Å². The van der Waals surface area contributed by atoms with E-state index in [0.717, 1.165) is 11.6 Å². The molecule has 2 N–H and O–H groups in total. The lowest BCUT2D eigenvalue weighted by Gasteiger charge is -2.20. The van der Waals surface area contributed by atoms with Crippen LogP contribution in [0.4, 0.5) is 23.2 Å². The van der Waals surface area contributed by atoms with Crippen LogP contribution in [0.5, 0.6) is 5.75 Å². The number of halogens is 5. The van der Waals surface area contributed by atoms with Gasteiger partial charge in [0.15, 0.2) is 0 Å². The maximum atomic E-state index is 14.5. The molecule has 36 heavy (non-hydrogen) atoms. The van der Waals surface area contributed by atoms with Gasteiger partial charge in [-0.05, 0) is 58.6 Å². The minimum Gasteiger partial charge on any atom is -0.488 e. The minimum atomic E-state index is -4.56. The summed E-state index contributed by atoms with van der Waals surface area (Å²) < 4.78 is 60.0. The van der Waals surface area contributed by atoms with Crippen LogP contribution >= 0.6 is 15.9 Å². The number of anilines is 1. The summed E-state index contributed by atoms with van der Waals surface area (Å²) in [6.45, 7) is 0.244. The smallest absolute Gasteiger partial charge is 0.411 e. The van der Waals surface area contributed by atoms with Gasteiger partial charge in [-0.15, -0.1) is 0 Å². The topological polar surface area (TPSA) is 80.3 Å². The number of hydrogen-bond acceptors (Lipinski definition) is 4. The Balaban J connectivity index is 1.40. The Morgan fingerprint density at radius 3 is 2.47 bits per heavy atom. The number of hydrogen-bond donors (Lipinski definition) is 2. The number of pyridine rings is 1. The van der Waals surface area contributed by atoms with Gasteiger partial charge < -0.3 is 15.4 Å². The Bertz CT molecular complexity index is 1280. The Kier molecular flexibility index (Phi) is 7.30. The lowest BCUT2D eigenvalue weighted by Crippen LogP contribution is -2.48. The number of alkyl halides is 3. The molecule has 0 aliphatic heterocycles. The van der Waals surface area contributed by atoms with Gasteiger partial charge in [0.2, 0.25) is 5.91 Å². The highest BCUT2D eigenvalue weighted by molar-refractivity contribution is 9.10. The molecule has 0 saturated heterocycles. The van der Waals surface area contributed by atoms with Gasteiger partial charge in [-0.25, -0.2) is 4.39 Å². The molecule has 1 heterocycles. The van der Waals surface area contributed by atoms with Crippen molar-refractivity contribution >= 4 is 33.4 Å². The molecule has 0 spiro atoms. The SMILES string of the molecule is O=C(Cc1cc(OCc2ccccc2)c(Br)cc1F)Nc1ccnc(C(=O)NC2(C(F)(F)F)CC2)c1. The monoisotopic (exact) mass is 565 g/mol. The normalized spacial score (nSPS) is 14.1. The maximum Gasteiger partial charge on any atom is 0.411 e. The molecule has 6 nitrogen and oxygen atoms in total. The summed E-state index contributed by atoms with van der Waals surface area (Å²) in [6.07, 6.45) is -4.12. The van der Waals surface area contributed by atoms with E-state index in [2.05, 4.69) is 26.2 Å². The van der Waals surface area contributed by atoms with E-state index in [9.17, 15) is 27.2 Å². The zero-order valence-electron chi connectivity index (χ0n) is 18.7. The van der Waals surface area contributed by atoms with Crippen molar-refractivity contribution in [2.24, 2.45) is 0 Å². The van der Waals surface area contributed by atoms with Crippen molar-refractivity contribution in [2.45, 2.75) is 37.6 Å². The molecule has 1 aliphatic rings. The van der Waals surface area contributed by atoms with E-state index in [4.69, 9.17) is 4.74 Å². The third kappa shape index (κ3) is 6.01. The van der Waals surface area contributed by atoms with Gasteiger partial charge in [0.05, 0.1) is 10.9 Å². The first kappa shape index (κ1) is 25.6. The van der Waals surface area contributed by atoms with Crippen molar-refractivity contribution in [1.82, 2.24) is 10.3 Å². The molecule has 2 amide bonds. The van der Waals surface area contributed by atoms with E-state index >= 15 is 0 Å². The van der Waals surface area contributed by atoms with Crippen molar-refractivity contribution in [3.8, 4) is 5.75 Å². The zero-order chi connectivity index (χ0) is 25.9. The van der Waals surface area contributed by atoms with Gasteiger partial charge in [-0.3, -0.25) is 14.6 Å². The highest BCUT2D eigenvalue weighted by Crippen LogP contribution is 2.49. The van der Waals surface area contributed by atoms with Crippen LogP contribution in [0.15, 0.2) is 65.3 Å². The molecule has 3 aromatic rings. The molecule has 1 aromatic heterocycles. The number of nitrogens with one attached hydrogen (secondary N) is 2.